The second-order valence-electron chi connectivity index (χ2n) is 30.9. The maximum absolute atomic E-state index is 12.1. The van der Waals surface area contributed by atoms with Crippen LogP contribution in [0.5, 0.6) is 0 Å². The Kier molecular flexibility index (Phi) is 16.0. The minimum absolute atomic E-state index is 0.00103. The third kappa shape index (κ3) is 10.7. The molecule has 0 N–H and O–H groups in total. The fraction of sp³-hybridized carbons (Fsp3) is 0.797. The summed E-state index contributed by atoms with van der Waals surface area (Å²) in [6.45, 7) is 14.0. The molecule has 0 amide bonds. The van der Waals surface area contributed by atoms with E-state index in [1.54, 1.807) is 7.11 Å². The summed E-state index contributed by atoms with van der Waals surface area (Å²) in [7, 11) is 1.80. The lowest BCUT2D eigenvalue weighted by atomic mass is 9.66. The summed E-state index contributed by atoms with van der Waals surface area (Å²) in [6.07, 6.45) is 24.9. The van der Waals surface area contributed by atoms with E-state index in [0.717, 1.165) is 48.2 Å². The molecule has 0 aliphatic carbocycles. The predicted octanol–water partition coefficient (Wildman–Crippen LogP) is 8.04. The molecule has 19 nitrogen and oxygen atoms in total. The van der Waals surface area contributed by atoms with Crippen LogP contribution < -0.4 is 0 Å². The summed E-state index contributed by atoms with van der Waals surface area (Å²) in [6, 6.07) is 0. The molecule has 35 unspecified atom stereocenters. The number of thioether (sulfide) groups is 1. The van der Waals surface area contributed by atoms with Crippen molar-refractivity contribution in [1.29, 1.82) is 0 Å². The Balaban J connectivity index is 0.0000000918. The van der Waals surface area contributed by atoms with Crippen LogP contribution in [0.25, 0.3) is 0 Å². The largest absolute Gasteiger partial charge is 0.508 e. The zero-order chi connectivity index (χ0) is 63.8. The van der Waals surface area contributed by atoms with Gasteiger partial charge in [0.25, 0.3) is 0 Å². The lowest BCUT2D eigenvalue weighted by Crippen LogP contribution is -2.48. The lowest BCUT2D eigenvalue weighted by Gasteiger charge is -2.39. The van der Waals surface area contributed by atoms with Crippen molar-refractivity contribution in [1.82, 2.24) is 0 Å². The highest BCUT2D eigenvalue weighted by molar-refractivity contribution is 8.01. The van der Waals surface area contributed by atoms with E-state index in [-0.39, 0.29) is 134 Å². The van der Waals surface area contributed by atoms with Gasteiger partial charge < -0.3 is 71.1 Å². The Morgan fingerprint density at radius 2 is 0.772 bits per heavy atom. The second kappa shape index (κ2) is 23.4. The first kappa shape index (κ1) is 62.9. The van der Waals surface area contributed by atoms with Crippen LogP contribution in [0, 0.1) is 88.8 Å². The number of hydrogen-bond donors (Lipinski definition) is 0. The van der Waals surface area contributed by atoms with E-state index >= 15 is 0 Å². The molecule has 0 aromatic carbocycles. The topological polar surface area (TPSA) is 207 Å². The summed E-state index contributed by atoms with van der Waals surface area (Å²) in [5, 5.41) is 1.51. The predicted molar refractivity (Wildman–Crippen MR) is 318 cm³/mol. The summed E-state index contributed by atoms with van der Waals surface area (Å²) < 4.78 is 121. The molecule has 0 spiro atoms. The minimum Gasteiger partial charge on any atom is -0.465 e. The molecule has 35 atom stereocenters. The highest BCUT2D eigenvalue weighted by atomic mass is 32.2. The first-order chi connectivity index (χ1) is 44.0. The molecular weight excluding hydrogens is 1220 g/mol. The Bertz CT molecular complexity index is 3040. The molecule has 0 aromatic rings. The van der Waals surface area contributed by atoms with Gasteiger partial charge in [-0.05, 0) is 66.7 Å². The van der Waals surface area contributed by atoms with E-state index in [1.807, 2.05) is 46.8 Å². The van der Waals surface area contributed by atoms with Crippen LogP contribution >= 0.6 is 11.8 Å². The van der Waals surface area contributed by atoms with E-state index < -0.39 is 29.5 Å². The molecule has 0 aromatic heterocycles. The van der Waals surface area contributed by atoms with Crippen LogP contribution in [0.3, 0.4) is 0 Å². The number of halogens is 3. The molecule has 15 saturated heterocycles. The van der Waals surface area contributed by atoms with Gasteiger partial charge in [0.05, 0.1) is 130 Å². The van der Waals surface area contributed by atoms with Gasteiger partial charge in [-0.25, -0.2) is 9.59 Å². The van der Waals surface area contributed by atoms with Crippen molar-refractivity contribution in [3.05, 3.63) is 60.8 Å². The van der Waals surface area contributed by atoms with E-state index in [2.05, 4.69) is 65.1 Å². The van der Waals surface area contributed by atoms with Crippen molar-refractivity contribution in [2.24, 2.45) is 88.8 Å². The molecule has 0 saturated carbocycles. The highest BCUT2D eigenvalue weighted by Gasteiger charge is 2.69. The number of alkyl halides is 3. The van der Waals surface area contributed by atoms with Crippen LogP contribution in [-0.2, 0) is 85.4 Å². The van der Waals surface area contributed by atoms with Crippen molar-refractivity contribution in [3.63, 3.8) is 0 Å². The number of methoxy groups -OCH3 is 1. The molecule has 23 heteroatoms. The van der Waals surface area contributed by atoms with Gasteiger partial charge in [0, 0.05) is 120 Å². The molecule has 20 rings (SSSR count). The molecule has 20 heterocycles. The van der Waals surface area contributed by atoms with Gasteiger partial charge in [0.1, 0.15) is 17.8 Å². The zero-order valence-corrected chi connectivity index (χ0v) is 54.0. The van der Waals surface area contributed by atoms with Gasteiger partial charge in [-0.15, -0.1) is 11.8 Å². The summed E-state index contributed by atoms with van der Waals surface area (Å²) in [5.74, 6) is 3.93. The van der Waals surface area contributed by atoms with Crippen LogP contribution in [0.15, 0.2) is 60.8 Å². The van der Waals surface area contributed by atoms with Crippen molar-refractivity contribution in [3.8, 4) is 0 Å². The maximum atomic E-state index is 12.1. The van der Waals surface area contributed by atoms with E-state index in [4.69, 9.17) is 66.3 Å². The van der Waals surface area contributed by atoms with E-state index in [9.17, 15) is 32.3 Å². The fourth-order valence-electron chi connectivity index (χ4n) is 21.3. The summed E-state index contributed by atoms with van der Waals surface area (Å²) >= 11 is 2.16. The Hall–Kier alpha value is -3.88. The molecule has 0 radical (unpaired) electrons. The molecule has 20 aliphatic heterocycles. The SMILES string of the molecule is CC(=O)OC(C)(C)C1CC2OC1C1C3C=CC(O3)C21.CC(=O)OCC1CC2OC1C1C3C=CC(O3)C21.CC(C)(C)OC(=O)OCC1CC2OC1C1C3C=CC(O3)C21.COCC1CC2OC1C1C3C=CC(S3)C21.O=C(OCC1CC2OC1C1C3C=CC(O3)C21)C(F)(F)F. The standard InChI is InChI=1S/C16H22O5.C15H20O4.C13H13F3O4.C13H16O4.C12H16O2S/c1-16(2,3)21-15(17)18-7-8-6-11-12-9-4-5-10(19-9)13(12)14(8)20-11;1-7(16)19-15(2,3)8-6-11-12-9-4-5-10(17-9)13(12)14(8)18-11;14-13(15,16)12(17)18-4-5-3-8-9-6-1-2-7(19-6)10(9)11(5)20-8;1-6(14)15-5-7-4-10-11-8-2-3-9(16-8)12(11)13(7)17-10;1-13-5-6-4-7-10-8-2-3-9(15-8)11(10)12(6)14-7/h4-5,8-14H,6-7H2,1-3H3;4-5,8-14H,6H2,1-3H3;1-2,5-11H,3-4H2;2-3,7-13H,4-5H2,1H3;2-3,6-12H,4-5H2,1H3. The van der Waals surface area contributed by atoms with Crippen LogP contribution in [0.2, 0.25) is 0 Å². The first-order valence-corrected chi connectivity index (χ1v) is 34.8. The van der Waals surface area contributed by atoms with Gasteiger partial charge in [-0.3, -0.25) is 9.59 Å². The van der Waals surface area contributed by atoms with Gasteiger partial charge in [-0.1, -0.05) is 60.8 Å². The number of ether oxygens (including phenoxy) is 15. The Labute approximate surface area is 538 Å². The van der Waals surface area contributed by atoms with Gasteiger partial charge in [0.2, 0.25) is 0 Å². The summed E-state index contributed by atoms with van der Waals surface area (Å²) in [4.78, 5) is 44.6. The highest BCUT2D eigenvalue weighted by Crippen LogP contribution is 2.64. The molecule has 20 bridgehead atoms. The van der Waals surface area contributed by atoms with Gasteiger partial charge in [-0.2, -0.15) is 13.2 Å². The van der Waals surface area contributed by atoms with Gasteiger partial charge >= 0.3 is 30.2 Å². The van der Waals surface area contributed by atoms with E-state index in [1.165, 1.54) is 20.3 Å². The third-order valence-electron chi connectivity index (χ3n) is 24.3. The molecule has 504 valence electrons. The van der Waals surface area contributed by atoms with Crippen LogP contribution in [0.1, 0.15) is 80.6 Å². The average Bonchev–Trinajstić information content (AvgIpc) is 1.59. The average molecular weight is 1310 g/mol. The third-order valence-corrected chi connectivity index (χ3v) is 25.8. The number of carbonyl (C=O) groups excluding carboxylic acids is 4. The normalized spacial score (nSPS) is 50.6. The Morgan fingerprint density at radius 1 is 0.413 bits per heavy atom. The number of fused-ring (bicyclic) bond motifs is 45. The van der Waals surface area contributed by atoms with Gasteiger partial charge in [0.15, 0.2) is 0 Å². The maximum Gasteiger partial charge on any atom is 0.508 e. The zero-order valence-electron chi connectivity index (χ0n) is 53.1. The minimum atomic E-state index is -4.93. The molecular formula is C69H87F3O19S. The number of hydrogen-bond acceptors (Lipinski definition) is 20. The Morgan fingerprint density at radius 3 is 1.18 bits per heavy atom. The summed E-state index contributed by atoms with van der Waals surface area (Å²) in [5.41, 5.74) is -0.974. The number of esters is 3. The smallest absolute Gasteiger partial charge is 0.465 e. The monoisotopic (exact) mass is 1310 g/mol. The van der Waals surface area contributed by atoms with Crippen LogP contribution in [0.4, 0.5) is 18.0 Å². The second-order valence-corrected chi connectivity index (χ2v) is 32.2. The van der Waals surface area contributed by atoms with Crippen molar-refractivity contribution in [2.45, 2.75) is 218 Å². The van der Waals surface area contributed by atoms with Crippen molar-refractivity contribution < 1.29 is 103 Å². The number of carbonyl (C=O) groups is 4. The molecule has 92 heavy (non-hydrogen) atoms. The lowest BCUT2D eigenvalue weighted by molar-refractivity contribution is -0.201. The molecule has 20 aliphatic rings. The van der Waals surface area contributed by atoms with Crippen molar-refractivity contribution >= 4 is 35.8 Å². The number of rotatable bonds is 10. The van der Waals surface area contributed by atoms with Crippen molar-refractivity contribution in [2.75, 3.05) is 33.5 Å². The molecule has 15 fully saturated rings. The quantitative estimate of drug-likeness (QED) is 0.115. The van der Waals surface area contributed by atoms with E-state index in [0.29, 0.717) is 91.2 Å². The van der Waals surface area contributed by atoms with Crippen LogP contribution in [-0.4, -0.2) is 195 Å². The fourth-order valence-corrected chi connectivity index (χ4v) is 23.0. The first-order valence-electron chi connectivity index (χ1n) is 33.8.